The second-order valence-electron chi connectivity index (χ2n) is 4.84. The van der Waals surface area contributed by atoms with Crippen molar-refractivity contribution in [2.45, 2.75) is 38.8 Å². The highest BCUT2D eigenvalue weighted by molar-refractivity contribution is 4.80. The number of nitrogens with one attached hydrogen (secondary N) is 1. The second kappa shape index (κ2) is 5.10. The van der Waals surface area contributed by atoms with Crippen LogP contribution in [-0.4, -0.2) is 49.8 Å². The quantitative estimate of drug-likeness (QED) is 0.738. The first-order valence-electron chi connectivity index (χ1n) is 5.55. The van der Waals surface area contributed by atoms with Crippen molar-refractivity contribution in [1.29, 1.82) is 0 Å². The summed E-state index contributed by atoms with van der Waals surface area (Å²) in [5, 5.41) is 3.45. The fourth-order valence-corrected chi connectivity index (χ4v) is 1.86. The van der Waals surface area contributed by atoms with E-state index < -0.39 is 0 Å². The zero-order valence-corrected chi connectivity index (χ0v) is 9.97. The molecule has 1 aliphatic rings. The van der Waals surface area contributed by atoms with Gasteiger partial charge in [0, 0.05) is 26.2 Å². The zero-order valence-electron chi connectivity index (χ0n) is 9.97. The van der Waals surface area contributed by atoms with Gasteiger partial charge < -0.3 is 10.1 Å². The molecule has 0 radical (unpaired) electrons. The Morgan fingerprint density at radius 2 is 2.21 bits per heavy atom. The van der Waals surface area contributed by atoms with E-state index in [0.29, 0.717) is 6.04 Å². The summed E-state index contributed by atoms with van der Waals surface area (Å²) in [7, 11) is 1.79. The van der Waals surface area contributed by atoms with Crippen LogP contribution >= 0.6 is 0 Å². The number of hydrogen-bond acceptors (Lipinski definition) is 3. The second-order valence-corrected chi connectivity index (χ2v) is 4.84. The maximum Gasteiger partial charge on any atom is 0.0749 e. The average molecular weight is 200 g/mol. The molecule has 1 aliphatic heterocycles. The van der Waals surface area contributed by atoms with Gasteiger partial charge in [-0.1, -0.05) is 0 Å². The van der Waals surface area contributed by atoms with Crippen molar-refractivity contribution < 1.29 is 4.74 Å². The van der Waals surface area contributed by atoms with Gasteiger partial charge in [0.15, 0.2) is 0 Å². The average Bonchev–Trinajstić information content (AvgIpc) is 2.32. The fourth-order valence-electron chi connectivity index (χ4n) is 1.86. The van der Waals surface area contributed by atoms with Crippen LogP contribution in [0, 0.1) is 0 Å². The van der Waals surface area contributed by atoms with Crippen LogP contribution < -0.4 is 5.32 Å². The summed E-state index contributed by atoms with van der Waals surface area (Å²) in [5.74, 6) is 0. The van der Waals surface area contributed by atoms with E-state index in [9.17, 15) is 0 Å². The topological polar surface area (TPSA) is 24.5 Å². The van der Waals surface area contributed by atoms with E-state index in [4.69, 9.17) is 4.74 Å². The molecule has 14 heavy (non-hydrogen) atoms. The van der Waals surface area contributed by atoms with Crippen LogP contribution in [0.3, 0.4) is 0 Å². The van der Waals surface area contributed by atoms with Crippen LogP contribution in [0.25, 0.3) is 0 Å². The largest absolute Gasteiger partial charge is 0.377 e. The number of hydrogen-bond donors (Lipinski definition) is 1. The summed E-state index contributed by atoms with van der Waals surface area (Å²) in [6, 6.07) is 0.618. The molecule has 0 bridgehead atoms. The van der Waals surface area contributed by atoms with Crippen molar-refractivity contribution in [1.82, 2.24) is 10.2 Å². The van der Waals surface area contributed by atoms with Gasteiger partial charge in [0.1, 0.15) is 0 Å². The third kappa shape index (κ3) is 3.56. The lowest BCUT2D eigenvalue weighted by Gasteiger charge is -2.34. The molecule has 1 atom stereocenters. The number of ether oxygens (including phenoxy) is 1. The van der Waals surface area contributed by atoms with Gasteiger partial charge in [0.25, 0.3) is 0 Å². The molecular weight excluding hydrogens is 176 g/mol. The van der Waals surface area contributed by atoms with Gasteiger partial charge in [-0.3, -0.25) is 4.90 Å². The first kappa shape index (κ1) is 12.0. The highest BCUT2D eigenvalue weighted by Crippen LogP contribution is 2.13. The number of methoxy groups -OCH3 is 1. The van der Waals surface area contributed by atoms with Gasteiger partial charge >= 0.3 is 0 Å². The summed E-state index contributed by atoms with van der Waals surface area (Å²) in [4.78, 5) is 2.52. The van der Waals surface area contributed by atoms with E-state index in [-0.39, 0.29) is 5.60 Å². The van der Waals surface area contributed by atoms with Crippen molar-refractivity contribution in [2.24, 2.45) is 0 Å². The van der Waals surface area contributed by atoms with Gasteiger partial charge in [-0.05, 0) is 40.3 Å². The third-order valence-electron chi connectivity index (χ3n) is 3.00. The summed E-state index contributed by atoms with van der Waals surface area (Å²) < 4.78 is 5.47. The lowest BCUT2D eigenvalue weighted by molar-refractivity contribution is -0.0143. The summed E-state index contributed by atoms with van der Waals surface area (Å²) in [6.07, 6.45) is 1.24. The Bertz CT molecular complexity index is 171. The molecule has 0 aromatic rings. The van der Waals surface area contributed by atoms with Crippen LogP contribution in [0.5, 0.6) is 0 Å². The maximum atomic E-state index is 5.47. The molecule has 1 fully saturated rings. The molecule has 0 aromatic carbocycles. The van der Waals surface area contributed by atoms with Crippen LogP contribution in [-0.2, 0) is 4.74 Å². The lowest BCUT2D eigenvalue weighted by Crippen LogP contribution is -2.46. The Morgan fingerprint density at radius 3 is 2.86 bits per heavy atom. The third-order valence-corrected chi connectivity index (χ3v) is 3.00. The molecule has 1 N–H and O–H groups in total. The van der Waals surface area contributed by atoms with Crippen LogP contribution in [0.15, 0.2) is 0 Å². The predicted molar refractivity (Wildman–Crippen MR) is 59.6 cm³/mol. The van der Waals surface area contributed by atoms with Crippen molar-refractivity contribution >= 4 is 0 Å². The Morgan fingerprint density at radius 1 is 1.50 bits per heavy atom. The molecule has 1 heterocycles. The standard InChI is InChI=1S/C11H24N2O/c1-10-8-12-6-5-7-13(10)9-11(2,3)14-4/h10,12H,5-9H2,1-4H3. The van der Waals surface area contributed by atoms with Crippen LogP contribution in [0.1, 0.15) is 27.2 Å². The van der Waals surface area contributed by atoms with Crippen molar-refractivity contribution in [3.8, 4) is 0 Å². The molecule has 1 rings (SSSR count). The van der Waals surface area contributed by atoms with Crippen LogP contribution in [0.4, 0.5) is 0 Å². The smallest absolute Gasteiger partial charge is 0.0749 e. The van der Waals surface area contributed by atoms with Crippen LogP contribution in [0.2, 0.25) is 0 Å². The van der Waals surface area contributed by atoms with Gasteiger partial charge in [-0.25, -0.2) is 0 Å². The molecular formula is C11H24N2O. The van der Waals surface area contributed by atoms with E-state index >= 15 is 0 Å². The summed E-state index contributed by atoms with van der Waals surface area (Å²) in [5.41, 5.74) is -0.0292. The molecule has 3 heteroatoms. The molecule has 0 amide bonds. The summed E-state index contributed by atoms with van der Waals surface area (Å²) in [6.45, 7) is 11.0. The maximum absolute atomic E-state index is 5.47. The van der Waals surface area contributed by atoms with Gasteiger partial charge in [0.05, 0.1) is 5.60 Å². The minimum Gasteiger partial charge on any atom is -0.377 e. The van der Waals surface area contributed by atoms with Gasteiger partial charge in [-0.15, -0.1) is 0 Å². The minimum atomic E-state index is -0.0292. The molecule has 0 saturated carbocycles. The normalized spacial score (nSPS) is 26.1. The zero-order chi connectivity index (χ0) is 10.6. The fraction of sp³-hybridized carbons (Fsp3) is 1.00. The predicted octanol–water partition coefficient (Wildman–Crippen LogP) is 1.10. The summed E-state index contributed by atoms with van der Waals surface area (Å²) >= 11 is 0. The van der Waals surface area contributed by atoms with E-state index in [1.54, 1.807) is 7.11 Å². The first-order chi connectivity index (χ1) is 6.55. The Kier molecular flexibility index (Phi) is 4.35. The number of nitrogens with zero attached hydrogens (tertiary/aromatic N) is 1. The lowest BCUT2D eigenvalue weighted by atomic mass is 10.1. The molecule has 1 saturated heterocycles. The van der Waals surface area contributed by atoms with Crippen molar-refractivity contribution in [3.05, 3.63) is 0 Å². The van der Waals surface area contributed by atoms with E-state index in [1.807, 2.05) is 0 Å². The highest BCUT2D eigenvalue weighted by Gasteiger charge is 2.24. The molecule has 1 unspecified atom stereocenters. The molecule has 3 nitrogen and oxygen atoms in total. The van der Waals surface area contributed by atoms with Gasteiger partial charge in [-0.2, -0.15) is 0 Å². The Balaban J connectivity index is 2.48. The van der Waals surface area contributed by atoms with Crippen molar-refractivity contribution in [3.63, 3.8) is 0 Å². The minimum absolute atomic E-state index is 0.0292. The molecule has 84 valence electrons. The monoisotopic (exact) mass is 200 g/mol. The number of rotatable bonds is 3. The Labute approximate surface area is 87.8 Å². The highest BCUT2D eigenvalue weighted by atomic mass is 16.5. The van der Waals surface area contributed by atoms with Gasteiger partial charge in [0.2, 0.25) is 0 Å². The SMILES string of the molecule is COC(C)(C)CN1CCCNCC1C. The molecule has 0 aromatic heterocycles. The van der Waals surface area contributed by atoms with Crippen molar-refractivity contribution in [2.75, 3.05) is 33.3 Å². The molecule has 0 aliphatic carbocycles. The molecule has 0 spiro atoms. The Hall–Kier alpha value is -0.120. The van der Waals surface area contributed by atoms with E-state index in [0.717, 1.165) is 19.6 Å². The first-order valence-corrected chi connectivity index (χ1v) is 5.55. The van der Waals surface area contributed by atoms with E-state index in [1.165, 1.54) is 13.0 Å². The van der Waals surface area contributed by atoms with E-state index in [2.05, 4.69) is 31.0 Å².